The molecule has 1 unspecified atom stereocenters. The van der Waals surface area contributed by atoms with Crippen LogP contribution in [0.5, 0.6) is 0 Å². The first-order valence-electron chi connectivity index (χ1n) is 6.55. The Morgan fingerprint density at radius 1 is 1.50 bits per heavy atom. The number of rotatable bonds is 2. The van der Waals surface area contributed by atoms with Crippen LogP contribution < -0.4 is 10.6 Å². The van der Waals surface area contributed by atoms with Crippen LogP contribution in [0, 0.1) is 0 Å². The molecule has 0 fully saturated rings. The van der Waals surface area contributed by atoms with Gasteiger partial charge >= 0.3 is 0 Å². The van der Waals surface area contributed by atoms with Gasteiger partial charge in [0.1, 0.15) is 10.0 Å². The summed E-state index contributed by atoms with van der Waals surface area (Å²) < 4.78 is 0. The zero-order valence-corrected chi connectivity index (χ0v) is 12.3. The van der Waals surface area contributed by atoms with Crippen molar-refractivity contribution in [3.63, 3.8) is 0 Å². The van der Waals surface area contributed by atoms with Crippen molar-refractivity contribution in [3.05, 3.63) is 28.8 Å². The number of amides is 1. The van der Waals surface area contributed by atoms with Crippen LogP contribution in [0.15, 0.2) is 18.2 Å². The molecule has 2 N–H and O–H groups in total. The Bertz CT molecular complexity index is 667. The van der Waals surface area contributed by atoms with Gasteiger partial charge in [-0.1, -0.05) is 11.3 Å². The second-order valence-electron chi connectivity index (χ2n) is 4.99. The summed E-state index contributed by atoms with van der Waals surface area (Å²) in [6.45, 7) is 4.09. The van der Waals surface area contributed by atoms with E-state index in [4.69, 9.17) is 5.73 Å². The molecule has 2 aromatic rings. The predicted octanol–water partition coefficient (Wildman–Crippen LogP) is 1.96. The van der Waals surface area contributed by atoms with E-state index in [1.165, 1.54) is 16.9 Å². The van der Waals surface area contributed by atoms with E-state index in [2.05, 4.69) is 23.2 Å². The molecule has 3 rings (SSSR count). The highest BCUT2D eigenvalue weighted by molar-refractivity contribution is 7.14. The summed E-state index contributed by atoms with van der Waals surface area (Å²) in [5.74, 6) is 0.0883. The van der Waals surface area contributed by atoms with Crippen molar-refractivity contribution in [3.8, 4) is 10.6 Å². The number of benzene rings is 1. The van der Waals surface area contributed by atoms with Gasteiger partial charge < -0.3 is 10.6 Å². The average molecular weight is 288 g/mol. The highest BCUT2D eigenvalue weighted by Crippen LogP contribution is 2.35. The van der Waals surface area contributed by atoms with Gasteiger partial charge in [0.05, 0.1) is 0 Å². The molecule has 1 aromatic carbocycles. The first kappa shape index (κ1) is 13.2. The van der Waals surface area contributed by atoms with Crippen LogP contribution in [0.3, 0.4) is 0 Å². The molecule has 1 aliphatic rings. The van der Waals surface area contributed by atoms with Crippen molar-refractivity contribution in [2.45, 2.75) is 32.9 Å². The van der Waals surface area contributed by atoms with Gasteiger partial charge in [0.25, 0.3) is 0 Å². The summed E-state index contributed by atoms with van der Waals surface area (Å²) in [6, 6.07) is 6.31. The van der Waals surface area contributed by atoms with Crippen molar-refractivity contribution in [2.24, 2.45) is 5.73 Å². The molecule has 0 bridgehead atoms. The standard InChI is InChI=1S/C14H16N4OS/c1-8-5-11-6-10(14-17-16-13(7-15)20-14)3-4-12(11)18(8)9(2)19/h3-4,6,8H,5,7,15H2,1-2H3. The Kier molecular flexibility index (Phi) is 3.27. The molecular formula is C14H16N4OS. The van der Waals surface area contributed by atoms with Gasteiger partial charge in [0.15, 0.2) is 0 Å². The minimum absolute atomic E-state index is 0.0883. The molecular weight excluding hydrogens is 272 g/mol. The minimum atomic E-state index is 0.0883. The number of anilines is 1. The molecule has 0 aliphatic carbocycles. The Balaban J connectivity index is 1.99. The quantitative estimate of drug-likeness (QED) is 0.917. The van der Waals surface area contributed by atoms with Crippen LogP contribution >= 0.6 is 11.3 Å². The van der Waals surface area contributed by atoms with Crippen molar-refractivity contribution in [1.82, 2.24) is 10.2 Å². The summed E-state index contributed by atoms with van der Waals surface area (Å²) in [7, 11) is 0. The maximum atomic E-state index is 11.7. The fourth-order valence-corrected chi connectivity index (χ4v) is 3.41. The molecule has 1 atom stereocenters. The topological polar surface area (TPSA) is 72.1 Å². The molecule has 20 heavy (non-hydrogen) atoms. The Hall–Kier alpha value is -1.79. The van der Waals surface area contributed by atoms with E-state index >= 15 is 0 Å². The summed E-state index contributed by atoms with van der Waals surface area (Å²) in [5, 5.41) is 9.92. The van der Waals surface area contributed by atoms with Gasteiger partial charge in [-0.25, -0.2) is 0 Å². The fraction of sp³-hybridized carbons (Fsp3) is 0.357. The van der Waals surface area contributed by atoms with Crippen molar-refractivity contribution >= 4 is 22.9 Å². The molecule has 0 spiro atoms. The van der Waals surface area contributed by atoms with Crippen molar-refractivity contribution in [2.75, 3.05) is 4.90 Å². The second-order valence-corrected chi connectivity index (χ2v) is 6.05. The number of fused-ring (bicyclic) bond motifs is 1. The van der Waals surface area contributed by atoms with Crippen molar-refractivity contribution in [1.29, 1.82) is 0 Å². The third-order valence-corrected chi connectivity index (χ3v) is 4.52. The highest BCUT2D eigenvalue weighted by Gasteiger charge is 2.29. The van der Waals surface area contributed by atoms with Crippen LogP contribution in [0.4, 0.5) is 5.69 Å². The van der Waals surface area contributed by atoms with Crippen LogP contribution in [0.25, 0.3) is 10.6 Å². The maximum Gasteiger partial charge on any atom is 0.224 e. The number of aromatic nitrogens is 2. The Labute approximate surface area is 121 Å². The molecule has 0 saturated carbocycles. The van der Waals surface area contributed by atoms with Crippen LogP contribution in [-0.4, -0.2) is 22.1 Å². The predicted molar refractivity (Wildman–Crippen MR) is 79.6 cm³/mol. The maximum absolute atomic E-state index is 11.7. The smallest absolute Gasteiger partial charge is 0.224 e. The number of nitrogens with zero attached hydrogens (tertiary/aromatic N) is 3. The number of hydrogen-bond donors (Lipinski definition) is 1. The molecule has 1 amide bonds. The summed E-state index contributed by atoms with van der Waals surface area (Å²) in [6.07, 6.45) is 0.880. The molecule has 6 heteroatoms. The number of hydrogen-bond acceptors (Lipinski definition) is 5. The van der Waals surface area contributed by atoms with Crippen LogP contribution in [0.1, 0.15) is 24.4 Å². The van der Waals surface area contributed by atoms with E-state index < -0.39 is 0 Å². The molecule has 0 radical (unpaired) electrons. The number of carbonyl (C=O) groups is 1. The number of carbonyl (C=O) groups excluding carboxylic acids is 1. The van der Waals surface area contributed by atoms with E-state index in [-0.39, 0.29) is 11.9 Å². The Morgan fingerprint density at radius 2 is 2.30 bits per heavy atom. The van der Waals surface area contributed by atoms with Gasteiger partial charge in [-0.2, -0.15) is 0 Å². The molecule has 1 aliphatic heterocycles. The normalized spacial score (nSPS) is 17.4. The van der Waals surface area contributed by atoms with Gasteiger partial charge in [-0.3, -0.25) is 4.79 Å². The Morgan fingerprint density at radius 3 is 2.95 bits per heavy atom. The lowest BCUT2D eigenvalue weighted by Gasteiger charge is -2.20. The monoisotopic (exact) mass is 288 g/mol. The van der Waals surface area contributed by atoms with Gasteiger partial charge in [-0.15, -0.1) is 10.2 Å². The third-order valence-electron chi connectivity index (χ3n) is 3.52. The third kappa shape index (κ3) is 2.10. The first-order valence-corrected chi connectivity index (χ1v) is 7.37. The zero-order chi connectivity index (χ0) is 14.3. The summed E-state index contributed by atoms with van der Waals surface area (Å²) >= 11 is 1.51. The average Bonchev–Trinajstić information content (AvgIpc) is 3.00. The summed E-state index contributed by atoms with van der Waals surface area (Å²) in [4.78, 5) is 13.6. The first-order chi connectivity index (χ1) is 9.60. The van der Waals surface area contributed by atoms with Crippen molar-refractivity contribution < 1.29 is 4.79 Å². The minimum Gasteiger partial charge on any atom is -0.324 e. The lowest BCUT2D eigenvalue weighted by Crippen LogP contribution is -2.33. The largest absolute Gasteiger partial charge is 0.324 e. The van der Waals surface area contributed by atoms with Gasteiger partial charge in [0, 0.05) is 30.8 Å². The molecule has 2 heterocycles. The van der Waals surface area contributed by atoms with E-state index in [1.807, 2.05) is 17.0 Å². The molecule has 5 nitrogen and oxygen atoms in total. The molecule has 1 aromatic heterocycles. The summed E-state index contributed by atoms with van der Waals surface area (Å²) in [5.41, 5.74) is 8.81. The van der Waals surface area contributed by atoms with E-state index in [1.54, 1.807) is 6.92 Å². The molecule has 104 valence electrons. The van der Waals surface area contributed by atoms with E-state index in [0.717, 1.165) is 27.7 Å². The van der Waals surface area contributed by atoms with Crippen LogP contribution in [-0.2, 0) is 17.8 Å². The lowest BCUT2D eigenvalue weighted by molar-refractivity contribution is -0.116. The zero-order valence-electron chi connectivity index (χ0n) is 11.5. The SMILES string of the molecule is CC(=O)N1c2ccc(-c3nnc(CN)s3)cc2CC1C. The number of nitrogens with two attached hydrogens (primary N) is 1. The fourth-order valence-electron chi connectivity index (χ4n) is 2.70. The lowest BCUT2D eigenvalue weighted by atomic mass is 10.1. The second kappa shape index (κ2) is 4.96. The van der Waals surface area contributed by atoms with E-state index in [9.17, 15) is 4.79 Å². The molecule has 0 saturated heterocycles. The van der Waals surface area contributed by atoms with E-state index in [0.29, 0.717) is 6.54 Å². The highest BCUT2D eigenvalue weighted by atomic mass is 32.1. The van der Waals surface area contributed by atoms with Gasteiger partial charge in [0.2, 0.25) is 5.91 Å². The van der Waals surface area contributed by atoms with Crippen LogP contribution in [0.2, 0.25) is 0 Å². The van der Waals surface area contributed by atoms with Gasteiger partial charge in [-0.05, 0) is 37.1 Å².